The number of guanidine groups is 1. The van der Waals surface area contributed by atoms with Crippen molar-refractivity contribution in [2.75, 3.05) is 73.1 Å². The van der Waals surface area contributed by atoms with Crippen molar-refractivity contribution >= 4 is 29.9 Å². The Morgan fingerprint density at radius 3 is 2.48 bits per heavy atom. The van der Waals surface area contributed by atoms with Crippen molar-refractivity contribution in [3.63, 3.8) is 0 Å². The molecule has 1 unspecified atom stereocenters. The molecule has 0 amide bonds. The van der Waals surface area contributed by atoms with Crippen molar-refractivity contribution in [3.05, 3.63) is 0 Å². The van der Waals surface area contributed by atoms with Gasteiger partial charge in [-0.05, 0) is 51.7 Å². The van der Waals surface area contributed by atoms with E-state index in [1.54, 1.807) is 0 Å². The predicted octanol–water partition coefficient (Wildman–Crippen LogP) is 1.32. The molecule has 0 spiro atoms. The zero-order valence-electron chi connectivity index (χ0n) is 16.0. The molecule has 6 nitrogen and oxygen atoms in total. The van der Waals surface area contributed by atoms with Crippen LogP contribution in [0.1, 0.15) is 25.7 Å². The summed E-state index contributed by atoms with van der Waals surface area (Å²) in [6.07, 6.45) is 5.21. The molecule has 0 saturated carbocycles. The van der Waals surface area contributed by atoms with E-state index in [4.69, 9.17) is 4.74 Å². The maximum absolute atomic E-state index is 5.48. The van der Waals surface area contributed by atoms with Crippen molar-refractivity contribution in [2.45, 2.75) is 31.7 Å². The van der Waals surface area contributed by atoms with Gasteiger partial charge in [-0.1, -0.05) is 0 Å². The molecule has 3 saturated heterocycles. The molecule has 0 aliphatic carbocycles. The van der Waals surface area contributed by atoms with Crippen LogP contribution in [0.5, 0.6) is 0 Å². The SMILES string of the molecule is CN=C(NCCC1CCN(C)CC1)N1CCC(N2CCOCC2)C1.I. The summed E-state index contributed by atoms with van der Waals surface area (Å²) < 4.78 is 5.48. The highest BCUT2D eigenvalue weighted by atomic mass is 127. The summed E-state index contributed by atoms with van der Waals surface area (Å²) in [6.45, 7) is 9.74. The molecule has 25 heavy (non-hydrogen) atoms. The third kappa shape index (κ3) is 6.22. The average Bonchev–Trinajstić information content (AvgIpc) is 3.11. The molecule has 1 atom stereocenters. The van der Waals surface area contributed by atoms with Crippen molar-refractivity contribution in [1.29, 1.82) is 0 Å². The van der Waals surface area contributed by atoms with E-state index in [1.165, 1.54) is 38.8 Å². The number of hydrogen-bond donors (Lipinski definition) is 1. The normalized spacial score (nSPS) is 27.4. The Bertz CT molecular complexity index is 408. The lowest BCUT2D eigenvalue weighted by Crippen LogP contribution is -2.47. The fraction of sp³-hybridized carbons (Fsp3) is 0.944. The van der Waals surface area contributed by atoms with Crippen LogP contribution in [0, 0.1) is 5.92 Å². The third-order valence-electron chi connectivity index (χ3n) is 5.91. The molecular formula is C18H36IN5O. The first kappa shape index (κ1) is 21.2. The smallest absolute Gasteiger partial charge is 0.193 e. The van der Waals surface area contributed by atoms with E-state index in [0.29, 0.717) is 6.04 Å². The largest absolute Gasteiger partial charge is 0.379 e. The maximum Gasteiger partial charge on any atom is 0.193 e. The highest BCUT2D eigenvalue weighted by molar-refractivity contribution is 14.0. The van der Waals surface area contributed by atoms with Crippen LogP contribution in [0.4, 0.5) is 0 Å². The maximum atomic E-state index is 5.48. The van der Waals surface area contributed by atoms with Crippen molar-refractivity contribution in [3.8, 4) is 0 Å². The van der Waals surface area contributed by atoms with Gasteiger partial charge in [-0.15, -0.1) is 24.0 Å². The van der Waals surface area contributed by atoms with Gasteiger partial charge in [0.25, 0.3) is 0 Å². The van der Waals surface area contributed by atoms with Gasteiger partial charge in [0.15, 0.2) is 5.96 Å². The lowest BCUT2D eigenvalue weighted by Gasteiger charge is -2.32. The molecular weight excluding hydrogens is 429 g/mol. The second kappa shape index (κ2) is 10.9. The molecule has 0 aromatic carbocycles. The summed E-state index contributed by atoms with van der Waals surface area (Å²) in [5, 5.41) is 3.61. The number of morpholine rings is 1. The molecule has 146 valence electrons. The molecule has 3 aliphatic heterocycles. The fourth-order valence-electron chi connectivity index (χ4n) is 4.25. The van der Waals surface area contributed by atoms with Crippen LogP contribution in [0.15, 0.2) is 4.99 Å². The number of rotatable bonds is 4. The molecule has 3 heterocycles. The molecule has 0 radical (unpaired) electrons. The monoisotopic (exact) mass is 465 g/mol. The van der Waals surface area contributed by atoms with Crippen molar-refractivity contribution < 1.29 is 4.74 Å². The average molecular weight is 465 g/mol. The molecule has 3 aliphatic rings. The number of nitrogens with one attached hydrogen (secondary N) is 1. The Kier molecular flexibility index (Phi) is 9.23. The van der Waals surface area contributed by atoms with Gasteiger partial charge in [-0.25, -0.2) is 0 Å². The van der Waals surface area contributed by atoms with Gasteiger partial charge >= 0.3 is 0 Å². The Morgan fingerprint density at radius 2 is 1.80 bits per heavy atom. The van der Waals surface area contributed by atoms with E-state index in [9.17, 15) is 0 Å². The van der Waals surface area contributed by atoms with E-state index < -0.39 is 0 Å². The lowest BCUT2D eigenvalue weighted by atomic mass is 9.94. The Labute approximate surface area is 170 Å². The van der Waals surface area contributed by atoms with Gasteiger partial charge in [0.1, 0.15) is 0 Å². The summed E-state index contributed by atoms with van der Waals surface area (Å²) >= 11 is 0. The molecule has 7 heteroatoms. The molecule has 3 rings (SSSR count). The van der Waals surface area contributed by atoms with Gasteiger partial charge in [-0.3, -0.25) is 9.89 Å². The summed E-state index contributed by atoms with van der Waals surface area (Å²) in [5.74, 6) is 1.98. The summed E-state index contributed by atoms with van der Waals surface area (Å²) in [6, 6.07) is 0.668. The molecule has 0 aromatic heterocycles. The first-order chi connectivity index (χ1) is 11.8. The third-order valence-corrected chi connectivity index (χ3v) is 5.91. The van der Waals surface area contributed by atoms with Crippen molar-refractivity contribution in [2.24, 2.45) is 10.9 Å². The number of piperidine rings is 1. The molecule has 0 aromatic rings. The number of halogens is 1. The Morgan fingerprint density at radius 1 is 1.08 bits per heavy atom. The first-order valence-corrected chi connectivity index (χ1v) is 9.72. The molecule has 1 N–H and O–H groups in total. The lowest BCUT2D eigenvalue weighted by molar-refractivity contribution is 0.0195. The van der Waals surface area contributed by atoms with Gasteiger partial charge in [0.2, 0.25) is 0 Å². The van der Waals surface area contributed by atoms with Crippen LogP contribution in [0.3, 0.4) is 0 Å². The summed E-state index contributed by atoms with van der Waals surface area (Å²) in [5.41, 5.74) is 0. The fourth-order valence-corrected chi connectivity index (χ4v) is 4.25. The van der Waals surface area contributed by atoms with Crippen LogP contribution in [-0.2, 0) is 4.74 Å². The highest BCUT2D eigenvalue weighted by Gasteiger charge is 2.30. The van der Waals surface area contributed by atoms with E-state index in [1.807, 2.05) is 7.05 Å². The topological polar surface area (TPSA) is 43.3 Å². The van der Waals surface area contributed by atoms with Gasteiger partial charge in [-0.2, -0.15) is 0 Å². The van der Waals surface area contributed by atoms with Gasteiger partial charge in [0, 0.05) is 45.8 Å². The summed E-state index contributed by atoms with van der Waals surface area (Å²) in [4.78, 5) is 12.0. The minimum atomic E-state index is 0. The van der Waals surface area contributed by atoms with Crippen LogP contribution in [0.25, 0.3) is 0 Å². The van der Waals surface area contributed by atoms with E-state index in [0.717, 1.165) is 57.8 Å². The van der Waals surface area contributed by atoms with Crippen LogP contribution >= 0.6 is 24.0 Å². The number of likely N-dealkylation sites (tertiary alicyclic amines) is 2. The Hall–Kier alpha value is -0.120. The number of hydrogen-bond acceptors (Lipinski definition) is 4. The van der Waals surface area contributed by atoms with Crippen LogP contribution < -0.4 is 5.32 Å². The summed E-state index contributed by atoms with van der Waals surface area (Å²) in [7, 11) is 4.15. The molecule has 0 bridgehead atoms. The zero-order valence-corrected chi connectivity index (χ0v) is 18.3. The van der Waals surface area contributed by atoms with Crippen LogP contribution in [0.2, 0.25) is 0 Å². The number of aliphatic imine (C=N–C) groups is 1. The zero-order chi connectivity index (χ0) is 16.8. The van der Waals surface area contributed by atoms with Gasteiger partial charge in [0.05, 0.1) is 13.2 Å². The quantitative estimate of drug-likeness (QED) is 0.386. The van der Waals surface area contributed by atoms with Gasteiger partial charge < -0.3 is 19.9 Å². The minimum Gasteiger partial charge on any atom is -0.379 e. The number of ether oxygens (including phenoxy) is 1. The minimum absolute atomic E-state index is 0. The van der Waals surface area contributed by atoms with E-state index in [2.05, 4.69) is 32.1 Å². The van der Waals surface area contributed by atoms with E-state index in [-0.39, 0.29) is 24.0 Å². The van der Waals surface area contributed by atoms with Crippen molar-refractivity contribution in [1.82, 2.24) is 20.0 Å². The van der Waals surface area contributed by atoms with E-state index >= 15 is 0 Å². The van der Waals surface area contributed by atoms with Crippen LogP contribution in [-0.4, -0.2) is 99.8 Å². The number of nitrogens with zero attached hydrogens (tertiary/aromatic N) is 4. The second-order valence-electron chi connectivity index (χ2n) is 7.55. The first-order valence-electron chi connectivity index (χ1n) is 9.72. The highest BCUT2D eigenvalue weighted by Crippen LogP contribution is 2.19. The predicted molar refractivity (Wildman–Crippen MR) is 114 cm³/mol. The second-order valence-corrected chi connectivity index (χ2v) is 7.55. The molecule has 3 fully saturated rings. The Balaban J connectivity index is 0.00000225. The standard InChI is InChI=1S/C18H35N5O.HI/c1-19-18(20-7-3-16-4-8-21(2)9-5-16)23-10-6-17(15-23)22-11-13-24-14-12-22;/h16-17H,3-15H2,1-2H3,(H,19,20);1H.